The van der Waals surface area contributed by atoms with Gasteiger partial charge in [-0.05, 0) is 49.6 Å². The highest BCUT2D eigenvalue weighted by atomic mass is 35.5. The Balaban J connectivity index is 2.24. The lowest BCUT2D eigenvalue weighted by Gasteiger charge is -2.14. The molecule has 4 heteroatoms. The summed E-state index contributed by atoms with van der Waals surface area (Å²) in [5.41, 5.74) is 9.75. The van der Waals surface area contributed by atoms with Gasteiger partial charge in [-0.1, -0.05) is 23.7 Å². The maximum atomic E-state index is 6.08. The van der Waals surface area contributed by atoms with Crippen molar-refractivity contribution in [1.82, 2.24) is 4.98 Å². The smallest absolute Gasteiger partial charge is 0.132 e. The van der Waals surface area contributed by atoms with Crippen LogP contribution in [0, 0.1) is 20.8 Å². The number of hydrogen-bond donors (Lipinski definition) is 1. The van der Waals surface area contributed by atoms with Crippen LogP contribution in [-0.2, 0) is 6.61 Å². The monoisotopic (exact) mass is 276 g/mol. The zero-order valence-electron chi connectivity index (χ0n) is 11.3. The molecule has 0 aliphatic heterocycles. The third-order valence-electron chi connectivity index (χ3n) is 3.17. The molecule has 2 N–H and O–H groups in total. The van der Waals surface area contributed by atoms with E-state index >= 15 is 0 Å². The number of aromatic nitrogens is 1. The van der Waals surface area contributed by atoms with Crippen LogP contribution in [0.1, 0.15) is 22.4 Å². The summed E-state index contributed by atoms with van der Waals surface area (Å²) in [6.07, 6.45) is 0. The van der Waals surface area contributed by atoms with Crippen molar-refractivity contribution in [1.29, 1.82) is 0 Å². The summed E-state index contributed by atoms with van der Waals surface area (Å²) in [5.74, 6) is 1.33. The van der Waals surface area contributed by atoms with Crippen LogP contribution in [0.25, 0.3) is 0 Å². The number of benzene rings is 1. The molecule has 100 valence electrons. The Bertz CT molecular complexity index is 611. The van der Waals surface area contributed by atoms with Gasteiger partial charge in [-0.25, -0.2) is 4.98 Å². The maximum absolute atomic E-state index is 6.08. The first-order valence-electron chi connectivity index (χ1n) is 6.09. The molecular weight excluding hydrogens is 260 g/mol. The fourth-order valence-electron chi connectivity index (χ4n) is 1.89. The number of pyridine rings is 1. The summed E-state index contributed by atoms with van der Waals surface area (Å²) in [6.45, 7) is 6.45. The molecule has 2 rings (SSSR count). The van der Waals surface area contributed by atoms with Gasteiger partial charge in [0.25, 0.3) is 0 Å². The molecule has 0 amide bonds. The Morgan fingerprint density at radius 1 is 1.11 bits per heavy atom. The van der Waals surface area contributed by atoms with Crippen LogP contribution in [0.5, 0.6) is 5.75 Å². The number of rotatable bonds is 3. The van der Waals surface area contributed by atoms with Gasteiger partial charge >= 0.3 is 0 Å². The predicted molar refractivity (Wildman–Crippen MR) is 78.6 cm³/mol. The topological polar surface area (TPSA) is 48.1 Å². The summed E-state index contributed by atoms with van der Waals surface area (Å²) >= 11 is 6.08. The van der Waals surface area contributed by atoms with Crippen molar-refractivity contribution in [3.05, 3.63) is 51.7 Å². The summed E-state index contributed by atoms with van der Waals surface area (Å²) < 4.78 is 5.87. The van der Waals surface area contributed by atoms with Gasteiger partial charge in [0.05, 0.1) is 10.7 Å². The average Bonchev–Trinajstić information content (AvgIpc) is 2.38. The van der Waals surface area contributed by atoms with Gasteiger partial charge in [-0.3, -0.25) is 0 Å². The van der Waals surface area contributed by atoms with Gasteiger partial charge in [0.1, 0.15) is 18.2 Å². The molecule has 0 radical (unpaired) electrons. The second-order valence-corrected chi connectivity index (χ2v) is 5.01. The van der Waals surface area contributed by atoms with Gasteiger partial charge < -0.3 is 10.5 Å². The minimum atomic E-state index is 0.314. The number of anilines is 1. The van der Waals surface area contributed by atoms with Gasteiger partial charge in [-0.2, -0.15) is 0 Å². The molecule has 0 saturated carbocycles. The fourth-order valence-corrected chi connectivity index (χ4v) is 2.05. The van der Waals surface area contributed by atoms with Crippen molar-refractivity contribution in [2.75, 3.05) is 5.73 Å². The summed E-state index contributed by atoms with van der Waals surface area (Å²) in [7, 11) is 0. The SMILES string of the molecule is Cc1ccc(C)c(OCc2nc(N)ccc2Cl)c1C. The summed E-state index contributed by atoms with van der Waals surface area (Å²) in [5, 5.41) is 0.567. The van der Waals surface area contributed by atoms with Crippen molar-refractivity contribution >= 4 is 17.4 Å². The van der Waals surface area contributed by atoms with Crippen LogP contribution in [0.3, 0.4) is 0 Å². The molecule has 19 heavy (non-hydrogen) atoms. The Morgan fingerprint density at radius 2 is 1.79 bits per heavy atom. The number of nitrogens with zero attached hydrogens (tertiary/aromatic N) is 1. The van der Waals surface area contributed by atoms with Crippen LogP contribution in [-0.4, -0.2) is 4.98 Å². The van der Waals surface area contributed by atoms with Crippen molar-refractivity contribution < 1.29 is 4.74 Å². The predicted octanol–water partition coefficient (Wildman–Crippen LogP) is 3.82. The maximum Gasteiger partial charge on any atom is 0.132 e. The Labute approximate surface area is 118 Å². The van der Waals surface area contributed by atoms with Gasteiger partial charge in [0, 0.05) is 0 Å². The third kappa shape index (κ3) is 2.99. The van der Waals surface area contributed by atoms with E-state index in [1.807, 2.05) is 19.9 Å². The van der Waals surface area contributed by atoms with E-state index in [4.69, 9.17) is 22.1 Å². The summed E-state index contributed by atoms with van der Waals surface area (Å²) in [6, 6.07) is 7.54. The molecule has 0 atom stereocenters. The lowest BCUT2D eigenvalue weighted by molar-refractivity contribution is 0.297. The number of aryl methyl sites for hydroxylation is 2. The molecule has 0 aliphatic rings. The second-order valence-electron chi connectivity index (χ2n) is 4.61. The number of nitrogens with two attached hydrogens (primary N) is 1. The Morgan fingerprint density at radius 3 is 2.53 bits per heavy atom. The summed E-state index contributed by atoms with van der Waals surface area (Å²) in [4.78, 5) is 4.19. The highest BCUT2D eigenvalue weighted by Gasteiger charge is 2.09. The lowest BCUT2D eigenvalue weighted by Crippen LogP contribution is -2.04. The minimum absolute atomic E-state index is 0.314. The van der Waals surface area contributed by atoms with Crippen molar-refractivity contribution in [3.8, 4) is 5.75 Å². The molecule has 1 aromatic heterocycles. The largest absolute Gasteiger partial charge is 0.487 e. The van der Waals surface area contributed by atoms with Gasteiger partial charge in [-0.15, -0.1) is 0 Å². The van der Waals surface area contributed by atoms with Crippen LogP contribution in [0.2, 0.25) is 5.02 Å². The van der Waals surface area contributed by atoms with Crippen LogP contribution < -0.4 is 10.5 Å². The fraction of sp³-hybridized carbons (Fsp3) is 0.267. The van der Waals surface area contributed by atoms with E-state index in [1.54, 1.807) is 12.1 Å². The molecule has 2 aromatic rings. The normalized spacial score (nSPS) is 10.5. The number of ether oxygens (including phenoxy) is 1. The molecule has 0 unspecified atom stereocenters. The zero-order valence-corrected chi connectivity index (χ0v) is 12.1. The molecule has 1 aromatic carbocycles. The first-order valence-corrected chi connectivity index (χ1v) is 6.47. The van der Waals surface area contributed by atoms with E-state index in [0.29, 0.717) is 23.1 Å². The molecular formula is C15H17ClN2O. The first-order chi connectivity index (χ1) is 8.99. The zero-order chi connectivity index (χ0) is 14.0. The van der Waals surface area contributed by atoms with E-state index in [-0.39, 0.29) is 0 Å². The second kappa shape index (κ2) is 5.49. The number of nitrogen functional groups attached to an aromatic ring is 1. The van der Waals surface area contributed by atoms with E-state index in [9.17, 15) is 0 Å². The number of hydrogen-bond acceptors (Lipinski definition) is 3. The Hall–Kier alpha value is -1.74. The molecule has 1 heterocycles. The van der Waals surface area contributed by atoms with Gasteiger partial charge in [0.2, 0.25) is 0 Å². The van der Waals surface area contributed by atoms with Crippen molar-refractivity contribution in [3.63, 3.8) is 0 Å². The van der Waals surface area contributed by atoms with Crippen molar-refractivity contribution in [2.24, 2.45) is 0 Å². The van der Waals surface area contributed by atoms with E-state index in [2.05, 4.69) is 18.0 Å². The molecule has 3 nitrogen and oxygen atoms in total. The highest BCUT2D eigenvalue weighted by Crippen LogP contribution is 2.27. The quantitative estimate of drug-likeness (QED) is 0.927. The Kier molecular flexibility index (Phi) is 3.96. The molecule has 0 saturated heterocycles. The van der Waals surface area contributed by atoms with E-state index < -0.39 is 0 Å². The van der Waals surface area contributed by atoms with Gasteiger partial charge in [0.15, 0.2) is 0 Å². The lowest BCUT2D eigenvalue weighted by atomic mass is 10.1. The minimum Gasteiger partial charge on any atom is -0.487 e. The molecule has 0 fully saturated rings. The van der Waals surface area contributed by atoms with E-state index in [0.717, 1.165) is 16.9 Å². The molecule has 0 spiro atoms. The van der Waals surface area contributed by atoms with Crippen molar-refractivity contribution in [2.45, 2.75) is 27.4 Å². The highest BCUT2D eigenvalue weighted by molar-refractivity contribution is 6.31. The van der Waals surface area contributed by atoms with Crippen LogP contribution in [0.15, 0.2) is 24.3 Å². The van der Waals surface area contributed by atoms with Crippen LogP contribution >= 0.6 is 11.6 Å². The first kappa shape index (κ1) is 13.7. The number of halogens is 1. The molecule has 0 bridgehead atoms. The third-order valence-corrected chi connectivity index (χ3v) is 3.51. The average molecular weight is 277 g/mol. The van der Waals surface area contributed by atoms with E-state index in [1.165, 1.54) is 5.56 Å². The van der Waals surface area contributed by atoms with Crippen LogP contribution in [0.4, 0.5) is 5.82 Å². The molecule has 0 aliphatic carbocycles. The standard InChI is InChI=1S/C15H17ClN2O/c1-9-4-5-10(2)15(11(9)3)19-8-13-12(16)6-7-14(17)18-13/h4-7H,8H2,1-3H3,(H2,17,18).